The van der Waals surface area contributed by atoms with Crippen LogP contribution < -0.4 is 15.4 Å². The summed E-state index contributed by atoms with van der Waals surface area (Å²) in [5.74, 6) is -0.214. The summed E-state index contributed by atoms with van der Waals surface area (Å²) in [4.78, 5) is 15.7. The number of pyridine rings is 1. The van der Waals surface area contributed by atoms with Crippen LogP contribution in [0.1, 0.15) is 22.3 Å². The van der Waals surface area contributed by atoms with E-state index in [1.165, 1.54) is 30.3 Å². The molecule has 0 unspecified atom stereocenters. The van der Waals surface area contributed by atoms with Gasteiger partial charge in [-0.2, -0.15) is 18.4 Å². The van der Waals surface area contributed by atoms with Crippen molar-refractivity contribution < 1.29 is 26.4 Å². The first kappa shape index (κ1) is 23.1. The summed E-state index contributed by atoms with van der Waals surface area (Å²) in [6.45, 7) is 0.374. The predicted octanol–water partition coefficient (Wildman–Crippen LogP) is 2.13. The first-order chi connectivity index (χ1) is 14.1. The van der Waals surface area contributed by atoms with Crippen molar-refractivity contribution in [1.82, 2.24) is 15.0 Å². The molecule has 1 aromatic carbocycles. The fourth-order valence-corrected chi connectivity index (χ4v) is 3.28. The Balaban J connectivity index is 1.82. The van der Waals surface area contributed by atoms with Gasteiger partial charge in [-0.1, -0.05) is 0 Å². The molecular formula is C18H18F3N5O3S. The summed E-state index contributed by atoms with van der Waals surface area (Å²) in [6, 6.07) is 9.15. The van der Waals surface area contributed by atoms with E-state index in [1.807, 2.05) is 6.07 Å². The van der Waals surface area contributed by atoms with E-state index >= 15 is 0 Å². The number of carbonyl (C=O) groups is 1. The molecule has 8 nitrogen and oxygen atoms in total. The summed E-state index contributed by atoms with van der Waals surface area (Å²) in [6.07, 6.45) is -3.71. The molecule has 0 atom stereocenters. The molecule has 0 bridgehead atoms. The van der Waals surface area contributed by atoms with E-state index in [0.717, 1.165) is 6.07 Å². The van der Waals surface area contributed by atoms with Crippen LogP contribution in [0.4, 0.5) is 19.0 Å². The van der Waals surface area contributed by atoms with E-state index in [4.69, 9.17) is 5.26 Å². The monoisotopic (exact) mass is 441 g/mol. The summed E-state index contributed by atoms with van der Waals surface area (Å²) < 4.78 is 63.7. The van der Waals surface area contributed by atoms with Gasteiger partial charge in [-0.05, 0) is 36.4 Å². The largest absolute Gasteiger partial charge is 0.417 e. The number of rotatable bonds is 9. The van der Waals surface area contributed by atoms with Gasteiger partial charge >= 0.3 is 6.18 Å². The molecule has 2 rings (SSSR count). The average Bonchev–Trinajstić information content (AvgIpc) is 2.71. The topological polar surface area (TPSA) is 124 Å². The van der Waals surface area contributed by atoms with Crippen LogP contribution in [-0.2, 0) is 16.2 Å². The number of carbonyl (C=O) groups excluding carboxylic acids is 1. The van der Waals surface area contributed by atoms with Crippen LogP contribution in [0, 0.1) is 11.3 Å². The fourth-order valence-electron chi connectivity index (χ4n) is 2.24. The first-order valence-corrected chi connectivity index (χ1v) is 10.1. The van der Waals surface area contributed by atoms with Crippen molar-refractivity contribution in [3.8, 4) is 6.07 Å². The van der Waals surface area contributed by atoms with Gasteiger partial charge in [0.25, 0.3) is 5.91 Å². The van der Waals surface area contributed by atoms with Crippen molar-refractivity contribution in [1.29, 1.82) is 5.26 Å². The minimum atomic E-state index is -4.46. The Hall–Kier alpha value is -3.17. The van der Waals surface area contributed by atoms with Crippen LogP contribution in [0.2, 0.25) is 0 Å². The second kappa shape index (κ2) is 10.0. The highest BCUT2D eigenvalue weighted by molar-refractivity contribution is 7.89. The molecule has 0 aliphatic heterocycles. The molecule has 0 saturated heterocycles. The van der Waals surface area contributed by atoms with E-state index in [9.17, 15) is 26.4 Å². The minimum Gasteiger partial charge on any atom is -0.368 e. The fraction of sp³-hybridized carbons (Fsp3) is 0.278. The van der Waals surface area contributed by atoms with E-state index in [-0.39, 0.29) is 42.3 Å². The van der Waals surface area contributed by atoms with Crippen LogP contribution in [0.3, 0.4) is 0 Å². The molecule has 30 heavy (non-hydrogen) atoms. The lowest BCUT2D eigenvalue weighted by Crippen LogP contribution is -2.29. The molecule has 0 saturated carbocycles. The van der Waals surface area contributed by atoms with E-state index < -0.39 is 27.7 Å². The quantitative estimate of drug-likeness (QED) is 0.512. The molecule has 0 spiro atoms. The average molecular weight is 441 g/mol. The Bertz CT molecular complexity index is 1000. The second-order valence-electron chi connectivity index (χ2n) is 5.94. The third kappa shape index (κ3) is 6.71. The molecule has 1 heterocycles. The van der Waals surface area contributed by atoms with Crippen molar-refractivity contribution >= 4 is 21.7 Å². The van der Waals surface area contributed by atoms with E-state index in [2.05, 4.69) is 20.3 Å². The summed E-state index contributed by atoms with van der Waals surface area (Å²) in [5.41, 5.74) is -0.620. The zero-order valence-corrected chi connectivity index (χ0v) is 16.3. The van der Waals surface area contributed by atoms with Crippen LogP contribution in [0.5, 0.6) is 0 Å². The van der Waals surface area contributed by atoms with Crippen LogP contribution >= 0.6 is 0 Å². The number of nitriles is 1. The highest BCUT2D eigenvalue weighted by Gasteiger charge is 2.30. The Labute approximate surface area is 171 Å². The zero-order chi connectivity index (χ0) is 22.2. The second-order valence-corrected chi connectivity index (χ2v) is 7.71. The maximum absolute atomic E-state index is 12.5. The number of benzene rings is 1. The first-order valence-electron chi connectivity index (χ1n) is 8.65. The van der Waals surface area contributed by atoms with Gasteiger partial charge in [0, 0.05) is 37.8 Å². The standard InChI is InChI=1S/C18H18F3N5O3S/c19-18(20,21)14-4-7-16(25-12-14)23-10-11-24-17(27)13-2-5-15(6-3-13)30(28,29)26-9-1-8-22/h2-7,12,26H,1,9-11H2,(H,23,25)(H,24,27). The predicted molar refractivity (Wildman–Crippen MR) is 102 cm³/mol. The van der Waals surface area contributed by atoms with Crippen LogP contribution in [0.15, 0.2) is 47.5 Å². The van der Waals surface area contributed by atoms with Crippen molar-refractivity contribution in [3.05, 3.63) is 53.7 Å². The Morgan fingerprint density at radius 2 is 1.77 bits per heavy atom. The molecule has 0 fully saturated rings. The van der Waals surface area contributed by atoms with E-state index in [1.54, 1.807) is 0 Å². The number of hydrogen-bond donors (Lipinski definition) is 3. The zero-order valence-electron chi connectivity index (χ0n) is 15.5. The van der Waals surface area contributed by atoms with Gasteiger partial charge in [-0.25, -0.2) is 18.1 Å². The Morgan fingerprint density at radius 1 is 1.07 bits per heavy atom. The van der Waals surface area contributed by atoms with Crippen molar-refractivity contribution in [2.45, 2.75) is 17.5 Å². The molecule has 2 aromatic rings. The molecule has 0 aliphatic carbocycles. The highest BCUT2D eigenvalue weighted by atomic mass is 32.2. The SMILES string of the molecule is N#CCCNS(=O)(=O)c1ccc(C(=O)NCCNc2ccc(C(F)(F)F)cn2)cc1. The summed E-state index contributed by atoms with van der Waals surface area (Å²) >= 11 is 0. The van der Waals surface area contributed by atoms with Crippen LogP contribution in [-0.4, -0.2) is 38.9 Å². The maximum atomic E-state index is 12.5. The lowest BCUT2D eigenvalue weighted by Gasteiger charge is -2.10. The number of alkyl halides is 3. The van der Waals surface area contributed by atoms with Gasteiger partial charge < -0.3 is 10.6 Å². The van der Waals surface area contributed by atoms with Crippen LogP contribution in [0.25, 0.3) is 0 Å². The van der Waals surface area contributed by atoms with Gasteiger partial charge in [-0.3, -0.25) is 4.79 Å². The van der Waals surface area contributed by atoms with Crippen molar-refractivity contribution in [2.75, 3.05) is 25.0 Å². The van der Waals surface area contributed by atoms with Crippen molar-refractivity contribution in [3.63, 3.8) is 0 Å². The molecular weight excluding hydrogens is 423 g/mol. The molecule has 160 valence electrons. The van der Waals surface area contributed by atoms with Crippen molar-refractivity contribution in [2.24, 2.45) is 0 Å². The van der Waals surface area contributed by atoms with Gasteiger partial charge in [-0.15, -0.1) is 0 Å². The maximum Gasteiger partial charge on any atom is 0.417 e. The number of nitrogens with zero attached hydrogens (tertiary/aromatic N) is 2. The number of aromatic nitrogens is 1. The van der Waals surface area contributed by atoms with Gasteiger partial charge in [0.05, 0.1) is 16.5 Å². The normalized spacial score (nSPS) is 11.5. The van der Waals surface area contributed by atoms with Gasteiger partial charge in [0.1, 0.15) is 5.82 Å². The molecule has 0 radical (unpaired) electrons. The lowest BCUT2D eigenvalue weighted by molar-refractivity contribution is -0.137. The number of halogens is 3. The number of anilines is 1. The number of amides is 1. The number of sulfonamides is 1. The summed E-state index contributed by atoms with van der Waals surface area (Å²) in [5, 5.41) is 13.8. The Kier molecular flexibility index (Phi) is 7.73. The summed E-state index contributed by atoms with van der Waals surface area (Å²) in [7, 11) is -3.76. The highest BCUT2D eigenvalue weighted by Crippen LogP contribution is 2.28. The third-order valence-corrected chi connectivity index (χ3v) is 5.24. The molecule has 0 aliphatic rings. The third-order valence-electron chi connectivity index (χ3n) is 3.76. The smallest absolute Gasteiger partial charge is 0.368 e. The molecule has 1 amide bonds. The van der Waals surface area contributed by atoms with Gasteiger partial charge in [0.2, 0.25) is 10.0 Å². The van der Waals surface area contributed by atoms with E-state index in [0.29, 0.717) is 6.20 Å². The lowest BCUT2D eigenvalue weighted by atomic mass is 10.2. The molecule has 3 N–H and O–H groups in total. The molecule has 1 aromatic heterocycles. The minimum absolute atomic E-state index is 0.0120. The Morgan fingerprint density at radius 3 is 2.33 bits per heavy atom. The number of nitrogens with one attached hydrogen (secondary N) is 3. The number of hydrogen-bond acceptors (Lipinski definition) is 6. The van der Waals surface area contributed by atoms with Gasteiger partial charge in [0.15, 0.2) is 0 Å². The molecule has 12 heteroatoms.